The van der Waals surface area contributed by atoms with Crippen molar-refractivity contribution < 1.29 is 9.18 Å². The zero-order chi connectivity index (χ0) is 21.0. The van der Waals surface area contributed by atoms with E-state index in [1.54, 1.807) is 0 Å². The highest BCUT2D eigenvalue weighted by Gasteiger charge is 2.23. The Balaban J connectivity index is 0.00000320. The van der Waals surface area contributed by atoms with Crippen molar-refractivity contribution in [1.29, 1.82) is 0 Å². The molecule has 0 spiro atoms. The average Bonchev–Trinajstić information content (AvgIpc) is 2.66. The summed E-state index contributed by atoms with van der Waals surface area (Å²) in [4.78, 5) is 23.2. The molecular weight excluding hydrogens is 428 g/mol. The van der Waals surface area contributed by atoms with Gasteiger partial charge in [-0.2, -0.15) is 0 Å². The van der Waals surface area contributed by atoms with Crippen molar-refractivity contribution in [2.24, 2.45) is 5.92 Å². The normalized spacial score (nSPS) is 18.3. The standard InChI is InChI=1S/C21H27ClFN5O.ClH/c1-13-24-19(12-20(25-13)28(2)3)26-15-6-4-14(5-7-15)10-21(29)27-16-8-9-18(23)17(22)11-16;/h8-9,11-12,14-15H,4-7,10H2,1-3H3,(H,27,29)(H,24,25,26);1H. The lowest BCUT2D eigenvalue weighted by atomic mass is 9.84. The maximum absolute atomic E-state index is 13.2. The minimum absolute atomic E-state index is 0. The molecule has 1 fully saturated rings. The third-order valence-corrected chi connectivity index (χ3v) is 5.45. The Labute approximate surface area is 188 Å². The largest absolute Gasteiger partial charge is 0.367 e. The second-order valence-electron chi connectivity index (χ2n) is 7.80. The molecule has 2 aromatic rings. The highest BCUT2D eigenvalue weighted by atomic mass is 35.5. The number of aromatic nitrogens is 2. The second kappa shape index (κ2) is 10.8. The molecule has 1 aliphatic carbocycles. The van der Waals surface area contributed by atoms with E-state index in [0.29, 0.717) is 24.1 Å². The lowest BCUT2D eigenvalue weighted by Gasteiger charge is -2.29. The molecule has 30 heavy (non-hydrogen) atoms. The molecule has 1 aromatic carbocycles. The number of amides is 1. The van der Waals surface area contributed by atoms with Crippen molar-refractivity contribution in [3.63, 3.8) is 0 Å². The van der Waals surface area contributed by atoms with Gasteiger partial charge in [-0.25, -0.2) is 14.4 Å². The molecular formula is C21H28Cl2FN5O. The summed E-state index contributed by atoms with van der Waals surface area (Å²) in [5.74, 6) is 2.25. The van der Waals surface area contributed by atoms with Gasteiger partial charge in [0.2, 0.25) is 5.91 Å². The van der Waals surface area contributed by atoms with Gasteiger partial charge in [0.05, 0.1) is 5.02 Å². The van der Waals surface area contributed by atoms with Crippen LogP contribution in [0.1, 0.15) is 37.9 Å². The van der Waals surface area contributed by atoms with Crippen molar-refractivity contribution in [3.05, 3.63) is 40.9 Å². The molecule has 1 aliphatic rings. The van der Waals surface area contributed by atoms with E-state index in [0.717, 1.165) is 43.1 Å². The monoisotopic (exact) mass is 455 g/mol. The van der Waals surface area contributed by atoms with Crippen LogP contribution in [0.5, 0.6) is 0 Å². The number of nitrogens with zero attached hydrogens (tertiary/aromatic N) is 3. The van der Waals surface area contributed by atoms with E-state index >= 15 is 0 Å². The van der Waals surface area contributed by atoms with E-state index in [1.165, 1.54) is 18.2 Å². The number of hydrogen-bond acceptors (Lipinski definition) is 5. The van der Waals surface area contributed by atoms with Gasteiger partial charge in [-0.15, -0.1) is 12.4 Å². The molecule has 0 radical (unpaired) electrons. The number of carbonyl (C=O) groups excluding carboxylic acids is 1. The lowest BCUT2D eigenvalue weighted by molar-refractivity contribution is -0.117. The van der Waals surface area contributed by atoms with Crippen LogP contribution in [0.3, 0.4) is 0 Å². The van der Waals surface area contributed by atoms with E-state index < -0.39 is 5.82 Å². The maximum atomic E-state index is 13.2. The van der Waals surface area contributed by atoms with Gasteiger partial charge in [0.1, 0.15) is 23.3 Å². The van der Waals surface area contributed by atoms with Crippen LogP contribution in [0.4, 0.5) is 21.7 Å². The van der Waals surface area contributed by atoms with Gasteiger partial charge >= 0.3 is 0 Å². The highest BCUT2D eigenvalue weighted by molar-refractivity contribution is 6.31. The van der Waals surface area contributed by atoms with E-state index in [2.05, 4.69) is 20.6 Å². The van der Waals surface area contributed by atoms with Crippen molar-refractivity contribution in [3.8, 4) is 0 Å². The first kappa shape index (κ1) is 24.2. The first-order chi connectivity index (χ1) is 13.8. The van der Waals surface area contributed by atoms with Gasteiger partial charge in [-0.05, 0) is 56.7 Å². The zero-order valence-corrected chi connectivity index (χ0v) is 19.0. The predicted octanol–water partition coefficient (Wildman–Crippen LogP) is 5.06. The van der Waals surface area contributed by atoms with Crippen LogP contribution in [0.15, 0.2) is 24.3 Å². The Morgan fingerprint density at radius 1 is 1.20 bits per heavy atom. The van der Waals surface area contributed by atoms with Crippen molar-refractivity contribution in [1.82, 2.24) is 9.97 Å². The van der Waals surface area contributed by atoms with Gasteiger partial charge in [0, 0.05) is 38.3 Å². The molecule has 1 saturated carbocycles. The number of rotatable bonds is 6. The number of hydrogen-bond donors (Lipinski definition) is 2. The predicted molar refractivity (Wildman–Crippen MR) is 122 cm³/mol. The molecule has 0 aliphatic heterocycles. The van der Waals surface area contributed by atoms with E-state index in [4.69, 9.17) is 11.6 Å². The molecule has 1 aromatic heterocycles. The third kappa shape index (κ3) is 6.71. The molecule has 1 heterocycles. The fourth-order valence-electron chi connectivity index (χ4n) is 3.62. The Morgan fingerprint density at radius 3 is 2.53 bits per heavy atom. The van der Waals surface area contributed by atoms with E-state index in [9.17, 15) is 9.18 Å². The quantitative estimate of drug-likeness (QED) is 0.636. The number of halogens is 3. The fourth-order valence-corrected chi connectivity index (χ4v) is 3.80. The number of nitrogens with one attached hydrogen (secondary N) is 2. The minimum atomic E-state index is -0.493. The molecule has 2 N–H and O–H groups in total. The summed E-state index contributed by atoms with van der Waals surface area (Å²) in [6.45, 7) is 1.89. The lowest BCUT2D eigenvalue weighted by Crippen LogP contribution is -2.28. The first-order valence-electron chi connectivity index (χ1n) is 9.84. The average molecular weight is 456 g/mol. The SMILES string of the molecule is Cc1nc(NC2CCC(CC(=O)Nc3ccc(F)c(Cl)c3)CC2)cc(N(C)C)n1.Cl. The smallest absolute Gasteiger partial charge is 0.224 e. The molecule has 164 valence electrons. The molecule has 9 heteroatoms. The van der Waals surface area contributed by atoms with Gasteiger partial charge in [-0.3, -0.25) is 4.79 Å². The summed E-state index contributed by atoms with van der Waals surface area (Å²) in [7, 11) is 3.92. The molecule has 0 unspecified atom stereocenters. The number of anilines is 3. The molecule has 3 rings (SSSR count). The van der Waals surface area contributed by atoms with Gasteiger partial charge in [0.25, 0.3) is 0 Å². The summed E-state index contributed by atoms with van der Waals surface area (Å²) in [6.07, 6.45) is 4.38. The van der Waals surface area contributed by atoms with Crippen LogP contribution in [0, 0.1) is 18.7 Å². The van der Waals surface area contributed by atoms with Crippen LogP contribution in [-0.4, -0.2) is 36.0 Å². The van der Waals surface area contributed by atoms with E-state index in [1.807, 2.05) is 32.0 Å². The van der Waals surface area contributed by atoms with Gasteiger partial charge in [0.15, 0.2) is 0 Å². The molecule has 1 amide bonds. The third-order valence-electron chi connectivity index (χ3n) is 5.16. The first-order valence-corrected chi connectivity index (χ1v) is 10.2. The fraction of sp³-hybridized carbons (Fsp3) is 0.476. The summed E-state index contributed by atoms with van der Waals surface area (Å²) < 4.78 is 13.2. The van der Waals surface area contributed by atoms with Crippen LogP contribution >= 0.6 is 24.0 Å². The van der Waals surface area contributed by atoms with Crippen LogP contribution in [-0.2, 0) is 4.79 Å². The van der Waals surface area contributed by atoms with Crippen LogP contribution < -0.4 is 15.5 Å². The van der Waals surface area contributed by atoms with Gasteiger partial charge < -0.3 is 15.5 Å². The maximum Gasteiger partial charge on any atom is 0.224 e. The molecule has 6 nitrogen and oxygen atoms in total. The van der Waals surface area contributed by atoms with E-state index in [-0.39, 0.29) is 23.3 Å². The zero-order valence-electron chi connectivity index (χ0n) is 17.4. The van der Waals surface area contributed by atoms with Crippen molar-refractivity contribution in [2.45, 2.75) is 45.1 Å². The van der Waals surface area contributed by atoms with Gasteiger partial charge in [-0.1, -0.05) is 11.6 Å². The summed E-state index contributed by atoms with van der Waals surface area (Å²) in [5.41, 5.74) is 0.521. The summed E-state index contributed by atoms with van der Waals surface area (Å²) in [5, 5.41) is 6.32. The summed E-state index contributed by atoms with van der Waals surface area (Å²) in [6, 6.07) is 6.51. The summed E-state index contributed by atoms with van der Waals surface area (Å²) >= 11 is 5.76. The Kier molecular flexibility index (Phi) is 8.67. The van der Waals surface area contributed by atoms with Crippen LogP contribution in [0.25, 0.3) is 0 Å². The topological polar surface area (TPSA) is 70.2 Å². The Morgan fingerprint density at radius 2 is 1.90 bits per heavy atom. The van der Waals surface area contributed by atoms with Crippen LogP contribution in [0.2, 0.25) is 5.02 Å². The highest BCUT2D eigenvalue weighted by Crippen LogP contribution is 2.29. The minimum Gasteiger partial charge on any atom is -0.367 e. The van der Waals surface area contributed by atoms with Crippen molar-refractivity contribution in [2.75, 3.05) is 29.6 Å². The number of benzene rings is 1. The van der Waals surface area contributed by atoms with Crippen molar-refractivity contribution >= 4 is 47.2 Å². The molecule has 0 atom stereocenters. The molecule has 0 bridgehead atoms. The second-order valence-corrected chi connectivity index (χ2v) is 8.20. The Hall–Kier alpha value is -2.12. The number of aryl methyl sites for hydroxylation is 1. The number of carbonyl (C=O) groups is 1. The molecule has 0 saturated heterocycles. The Bertz CT molecular complexity index is 872.